The number of hydrogen-bond donors (Lipinski definition) is 2. The van der Waals surface area contributed by atoms with Crippen molar-refractivity contribution in [2.75, 3.05) is 34.8 Å². The molecule has 11 heteroatoms. The Morgan fingerprint density at radius 3 is 2.41 bits per heavy atom. The van der Waals surface area contributed by atoms with Gasteiger partial charge in [-0.25, -0.2) is 14.2 Å². The van der Waals surface area contributed by atoms with E-state index in [4.69, 9.17) is 0 Å². The number of nitrogens with one attached hydrogen (secondary N) is 2. The monoisotopic (exact) mass is 479 g/mol. The third-order valence-electron chi connectivity index (χ3n) is 5.95. The molecule has 3 amide bonds. The van der Waals surface area contributed by atoms with Crippen LogP contribution >= 0.6 is 0 Å². The van der Waals surface area contributed by atoms with E-state index < -0.39 is 30.0 Å². The van der Waals surface area contributed by atoms with Gasteiger partial charge >= 0.3 is 12.2 Å². The van der Waals surface area contributed by atoms with Crippen LogP contribution in [-0.4, -0.2) is 48.8 Å². The van der Waals surface area contributed by atoms with Crippen molar-refractivity contribution in [1.29, 1.82) is 0 Å². The molecule has 1 aromatic carbocycles. The molecule has 2 N–H and O–H groups in total. The third kappa shape index (κ3) is 5.57. The molecule has 2 atom stereocenters. The summed E-state index contributed by atoms with van der Waals surface area (Å²) >= 11 is 0. The zero-order valence-electron chi connectivity index (χ0n) is 18.3. The van der Waals surface area contributed by atoms with Gasteiger partial charge in [-0.1, -0.05) is 0 Å². The smallest absolute Gasteiger partial charge is 0.354 e. The number of pyridine rings is 1. The highest BCUT2D eigenvalue weighted by molar-refractivity contribution is 6.01. The molecule has 4 rings (SSSR count). The molecular formula is C23H25F4N5O2. The van der Waals surface area contributed by atoms with Crippen LogP contribution in [0.4, 0.5) is 39.5 Å². The molecule has 2 saturated heterocycles. The number of amides is 3. The van der Waals surface area contributed by atoms with Crippen LogP contribution in [0.25, 0.3) is 0 Å². The van der Waals surface area contributed by atoms with Gasteiger partial charge in [-0.15, -0.1) is 0 Å². The Labute approximate surface area is 194 Å². The fraction of sp³-hybridized carbons (Fsp3) is 0.435. The zero-order valence-corrected chi connectivity index (χ0v) is 18.3. The third-order valence-corrected chi connectivity index (χ3v) is 5.95. The number of nitrogens with zero attached hydrogens (tertiary/aromatic N) is 3. The number of alkyl halides is 4. The summed E-state index contributed by atoms with van der Waals surface area (Å²) in [4.78, 5) is 33.1. The predicted molar refractivity (Wildman–Crippen MR) is 120 cm³/mol. The Hall–Kier alpha value is -3.37. The van der Waals surface area contributed by atoms with E-state index in [1.165, 1.54) is 4.90 Å². The molecule has 0 saturated carbocycles. The lowest BCUT2D eigenvalue weighted by atomic mass is 10.0. The van der Waals surface area contributed by atoms with E-state index in [1.807, 2.05) is 4.90 Å². The second-order valence-electron chi connectivity index (χ2n) is 8.42. The molecular weight excluding hydrogens is 454 g/mol. The summed E-state index contributed by atoms with van der Waals surface area (Å²) in [7, 11) is 0. The summed E-state index contributed by atoms with van der Waals surface area (Å²) in [5, 5.41) is 5.05. The SMILES string of the molecule is O=C(Nc1ccc(C(F)(F)F)cc1)N[C@@H]1CCCN(c2ccc(N3CCCC(F)C3)nc2)C1=O. The quantitative estimate of drug-likeness (QED) is 0.639. The van der Waals surface area contributed by atoms with Gasteiger partial charge in [0, 0.05) is 18.8 Å². The van der Waals surface area contributed by atoms with Gasteiger partial charge in [-0.05, 0) is 62.1 Å². The lowest BCUT2D eigenvalue weighted by Gasteiger charge is -2.33. The fourth-order valence-electron chi connectivity index (χ4n) is 4.19. The van der Waals surface area contributed by atoms with Gasteiger partial charge in [0.1, 0.15) is 18.0 Å². The highest BCUT2D eigenvalue weighted by Gasteiger charge is 2.32. The summed E-state index contributed by atoms with van der Waals surface area (Å²) in [6, 6.07) is 6.10. The number of halogens is 4. The van der Waals surface area contributed by atoms with Crippen LogP contribution in [0, 0.1) is 0 Å². The molecule has 0 spiro atoms. The first kappa shape index (κ1) is 23.8. The number of piperidine rings is 2. The molecule has 2 fully saturated rings. The number of benzene rings is 1. The maximum atomic E-state index is 13.7. The second-order valence-corrected chi connectivity index (χ2v) is 8.42. The number of urea groups is 1. The van der Waals surface area contributed by atoms with Gasteiger partial charge in [0.05, 0.1) is 24.0 Å². The van der Waals surface area contributed by atoms with Crippen molar-refractivity contribution in [3.8, 4) is 0 Å². The number of anilines is 3. The first-order valence-electron chi connectivity index (χ1n) is 11.1. The molecule has 2 aliphatic heterocycles. The summed E-state index contributed by atoms with van der Waals surface area (Å²) in [6.07, 6.45) is -1.37. The maximum Gasteiger partial charge on any atom is 0.416 e. The first-order valence-corrected chi connectivity index (χ1v) is 11.1. The number of hydrogen-bond acceptors (Lipinski definition) is 4. The van der Waals surface area contributed by atoms with Crippen molar-refractivity contribution in [2.24, 2.45) is 0 Å². The van der Waals surface area contributed by atoms with Gasteiger partial charge in [0.25, 0.3) is 0 Å². The molecule has 0 aliphatic carbocycles. The van der Waals surface area contributed by atoms with Crippen LogP contribution in [-0.2, 0) is 11.0 Å². The molecule has 7 nitrogen and oxygen atoms in total. The minimum atomic E-state index is -4.46. The van der Waals surface area contributed by atoms with Crippen LogP contribution in [0.15, 0.2) is 42.6 Å². The van der Waals surface area contributed by atoms with Crippen molar-refractivity contribution in [1.82, 2.24) is 10.3 Å². The van der Waals surface area contributed by atoms with Gasteiger partial charge in [0.15, 0.2) is 0 Å². The Kier molecular flexibility index (Phi) is 6.90. The van der Waals surface area contributed by atoms with Crippen LogP contribution in [0.5, 0.6) is 0 Å². The molecule has 34 heavy (non-hydrogen) atoms. The minimum Gasteiger partial charge on any atom is -0.354 e. The Morgan fingerprint density at radius 2 is 1.76 bits per heavy atom. The average molecular weight is 479 g/mol. The van der Waals surface area contributed by atoms with Crippen molar-refractivity contribution >= 4 is 29.1 Å². The van der Waals surface area contributed by atoms with Crippen LogP contribution < -0.4 is 20.4 Å². The van der Waals surface area contributed by atoms with Crippen molar-refractivity contribution in [3.63, 3.8) is 0 Å². The summed E-state index contributed by atoms with van der Waals surface area (Å²) in [5.74, 6) is 0.353. The number of rotatable bonds is 4. The molecule has 3 heterocycles. The molecule has 1 aromatic heterocycles. The van der Waals surface area contributed by atoms with E-state index in [2.05, 4.69) is 15.6 Å². The average Bonchev–Trinajstić information content (AvgIpc) is 2.80. The van der Waals surface area contributed by atoms with Gasteiger partial charge in [-0.3, -0.25) is 4.79 Å². The van der Waals surface area contributed by atoms with Crippen molar-refractivity contribution in [3.05, 3.63) is 48.2 Å². The first-order chi connectivity index (χ1) is 16.2. The van der Waals surface area contributed by atoms with E-state index in [9.17, 15) is 27.2 Å². The van der Waals surface area contributed by atoms with E-state index in [1.54, 1.807) is 18.3 Å². The molecule has 2 aromatic rings. The number of carbonyl (C=O) groups is 2. The van der Waals surface area contributed by atoms with Gasteiger partial charge in [0.2, 0.25) is 5.91 Å². The van der Waals surface area contributed by atoms with Crippen molar-refractivity contribution < 1.29 is 27.2 Å². The van der Waals surface area contributed by atoms with E-state index in [0.717, 1.165) is 37.2 Å². The predicted octanol–water partition coefficient (Wildman–Crippen LogP) is 4.36. The number of aromatic nitrogens is 1. The van der Waals surface area contributed by atoms with Crippen LogP contribution in [0.2, 0.25) is 0 Å². The highest BCUT2D eigenvalue weighted by atomic mass is 19.4. The van der Waals surface area contributed by atoms with Gasteiger partial charge in [-0.2, -0.15) is 13.2 Å². The molecule has 0 radical (unpaired) electrons. The second kappa shape index (κ2) is 9.86. The fourth-order valence-corrected chi connectivity index (χ4v) is 4.19. The minimum absolute atomic E-state index is 0.179. The molecule has 1 unspecified atom stereocenters. The van der Waals surface area contributed by atoms with E-state index in [-0.39, 0.29) is 11.6 Å². The largest absolute Gasteiger partial charge is 0.416 e. The highest BCUT2D eigenvalue weighted by Crippen LogP contribution is 2.30. The summed E-state index contributed by atoms with van der Waals surface area (Å²) < 4.78 is 51.7. The van der Waals surface area contributed by atoms with E-state index in [0.29, 0.717) is 43.9 Å². The van der Waals surface area contributed by atoms with Crippen molar-refractivity contribution in [2.45, 2.75) is 44.1 Å². The standard InChI is InChI=1S/C23H25F4N5O2/c24-16-3-1-11-31(14-16)20-10-9-18(13-28-20)32-12-2-4-19(21(32)33)30-22(34)29-17-7-5-15(6-8-17)23(25,26)27/h5-10,13,16,19H,1-4,11-12,14H2,(H2,29,30,34)/t16?,19-/m1/s1. The maximum absolute atomic E-state index is 13.7. The molecule has 182 valence electrons. The lowest BCUT2D eigenvalue weighted by Crippen LogP contribution is -2.53. The normalized spacial score (nSPS) is 21.4. The Bertz CT molecular complexity index is 1010. The number of carbonyl (C=O) groups excluding carboxylic acids is 2. The summed E-state index contributed by atoms with van der Waals surface area (Å²) in [6.45, 7) is 1.50. The van der Waals surface area contributed by atoms with Crippen LogP contribution in [0.1, 0.15) is 31.2 Å². The van der Waals surface area contributed by atoms with Gasteiger partial charge < -0.3 is 20.4 Å². The van der Waals surface area contributed by atoms with Crippen LogP contribution in [0.3, 0.4) is 0 Å². The Balaban J connectivity index is 1.35. The lowest BCUT2D eigenvalue weighted by molar-refractivity contribution is -0.137. The zero-order chi connectivity index (χ0) is 24.3. The topological polar surface area (TPSA) is 77.6 Å². The Morgan fingerprint density at radius 1 is 1.03 bits per heavy atom. The summed E-state index contributed by atoms with van der Waals surface area (Å²) in [5.41, 5.74) is -0.0585. The van der Waals surface area contributed by atoms with E-state index >= 15 is 0 Å². The molecule has 0 bridgehead atoms. The molecule has 2 aliphatic rings.